The fraction of sp³-hybridized carbons (Fsp3) is 0.529. The summed E-state index contributed by atoms with van der Waals surface area (Å²) in [6, 6.07) is 2.05. The van der Waals surface area contributed by atoms with Gasteiger partial charge in [0.2, 0.25) is 0 Å². The zero-order valence-electron chi connectivity index (χ0n) is 12.3. The number of hydrogen-bond donors (Lipinski definition) is 0. The van der Waals surface area contributed by atoms with Gasteiger partial charge in [0.15, 0.2) is 5.82 Å². The Kier molecular flexibility index (Phi) is 4.89. The molecule has 0 fully saturated rings. The van der Waals surface area contributed by atoms with E-state index in [-0.39, 0.29) is 0 Å². The summed E-state index contributed by atoms with van der Waals surface area (Å²) in [7, 11) is 0. The first kappa shape index (κ1) is 14.0. The van der Waals surface area contributed by atoms with Crippen LogP contribution < -0.4 is 0 Å². The fourth-order valence-corrected chi connectivity index (χ4v) is 2.40. The summed E-state index contributed by atoms with van der Waals surface area (Å²) >= 11 is 0. The van der Waals surface area contributed by atoms with Gasteiger partial charge in [0.1, 0.15) is 0 Å². The van der Waals surface area contributed by atoms with Crippen molar-refractivity contribution in [2.75, 3.05) is 0 Å². The Balaban J connectivity index is 2.18. The normalized spacial score (nSPS) is 15.4. The zero-order chi connectivity index (χ0) is 13.7. The highest BCUT2D eigenvalue weighted by atomic mass is 14.9. The van der Waals surface area contributed by atoms with Gasteiger partial charge in [-0.15, -0.1) is 0 Å². The lowest BCUT2D eigenvalue weighted by Crippen LogP contribution is -2.03. The number of rotatable bonds is 5. The van der Waals surface area contributed by atoms with Crippen molar-refractivity contribution in [2.24, 2.45) is 5.92 Å². The molecule has 1 aliphatic carbocycles. The first-order chi connectivity index (χ1) is 9.20. The predicted octanol–water partition coefficient (Wildman–Crippen LogP) is 4.58. The summed E-state index contributed by atoms with van der Waals surface area (Å²) in [5.74, 6) is 1.63. The Morgan fingerprint density at radius 3 is 2.74 bits per heavy atom. The molecule has 1 aromatic rings. The molecule has 0 saturated carbocycles. The molecule has 2 rings (SSSR count). The van der Waals surface area contributed by atoms with Crippen LogP contribution in [0.2, 0.25) is 0 Å². The maximum absolute atomic E-state index is 4.75. The van der Waals surface area contributed by atoms with E-state index in [9.17, 15) is 0 Å². The molecule has 1 aliphatic rings. The zero-order valence-corrected chi connectivity index (χ0v) is 12.3. The summed E-state index contributed by atoms with van der Waals surface area (Å²) < 4.78 is 0. The molecule has 2 nitrogen and oxygen atoms in total. The van der Waals surface area contributed by atoms with Gasteiger partial charge in [-0.3, -0.25) is 0 Å². The molecule has 0 radical (unpaired) electrons. The third-order valence-corrected chi connectivity index (χ3v) is 3.56. The lowest BCUT2D eigenvalue weighted by molar-refractivity contribution is 0.580. The van der Waals surface area contributed by atoms with E-state index in [0.29, 0.717) is 0 Å². The van der Waals surface area contributed by atoms with Crippen LogP contribution in [0.3, 0.4) is 0 Å². The van der Waals surface area contributed by atoms with Gasteiger partial charge < -0.3 is 0 Å². The largest absolute Gasteiger partial charge is 0.237 e. The van der Waals surface area contributed by atoms with Gasteiger partial charge in [-0.25, -0.2) is 9.97 Å². The third kappa shape index (κ3) is 3.76. The van der Waals surface area contributed by atoms with Gasteiger partial charge in [-0.05, 0) is 49.7 Å². The van der Waals surface area contributed by atoms with E-state index in [4.69, 9.17) is 4.98 Å². The lowest BCUT2D eigenvalue weighted by Gasteiger charge is -2.14. The van der Waals surface area contributed by atoms with Crippen molar-refractivity contribution >= 4 is 5.57 Å². The van der Waals surface area contributed by atoms with Crippen molar-refractivity contribution in [1.29, 1.82) is 0 Å². The van der Waals surface area contributed by atoms with Crippen molar-refractivity contribution in [3.63, 3.8) is 0 Å². The molecule has 1 aromatic heterocycles. The van der Waals surface area contributed by atoms with Crippen LogP contribution in [0.5, 0.6) is 0 Å². The van der Waals surface area contributed by atoms with Gasteiger partial charge >= 0.3 is 0 Å². The van der Waals surface area contributed by atoms with Crippen LogP contribution in [0.4, 0.5) is 0 Å². The average molecular weight is 256 g/mol. The predicted molar refractivity (Wildman–Crippen MR) is 80.8 cm³/mol. The monoisotopic (exact) mass is 256 g/mol. The van der Waals surface area contributed by atoms with E-state index in [0.717, 1.165) is 37.4 Å². The van der Waals surface area contributed by atoms with Crippen LogP contribution in [0.1, 0.15) is 58.0 Å². The number of allylic oxidation sites excluding steroid dienone is 4. The van der Waals surface area contributed by atoms with Gasteiger partial charge in [-0.1, -0.05) is 32.9 Å². The molecule has 0 atom stereocenters. The SMILES string of the molecule is CCC1=CCCC=C1c1nccc(CCC(C)C)n1. The molecular weight excluding hydrogens is 232 g/mol. The first-order valence-electron chi connectivity index (χ1n) is 7.42. The fourth-order valence-electron chi connectivity index (χ4n) is 2.40. The Morgan fingerprint density at radius 2 is 2.00 bits per heavy atom. The molecule has 0 saturated heterocycles. The molecule has 0 amide bonds. The number of nitrogens with zero attached hydrogens (tertiary/aromatic N) is 2. The minimum atomic E-state index is 0.721. The quantitative estimate of drug-likeness (QED) is 0.770. The van der Waals surface area contributed by atoms with Crippen molar-refractivity contribution in [1.82, 2.24) is 9.97 Å². The second-order valence-electron chi connectivity index (χ2n) is 5.58. The summed E-state index contributed by atoms with van der Waals surface area (Å²) in [4.78, 5) is 9.21. The molecule has 0 N–H and O–H groups in total. The highest BCUT2D eigenvalue weighted by Gasteiger charge is 2.12. The maximum atomic E-state index is 4.75. The Labute approximate surface area is 116 Å². The van der Waals surface area contributed by atoms with Crippen molar-refractivity contribution in [3.8, 4) is 0 Å². The van der Waals surface area contributed by atoms with Gasteiger partial charge in [0.05, 0.1) is 0 Å². The Morgan fingerprint density at radius 1 is 1.21 bits per heavy atom. The summed E-state index contributed by atoms with van der Waals surface area (Å²) in [5, 5.41) is 0. The van der Waals surface area contributed by atoms with E-state index in [1.54, 1.807) is 0 Å². The van der Waals surface area contributed by atoms with Crippen LogP contribution in [0.25, 0.3) is 5.57 Å². The second-order valence-corrected chi connectivity index (χ2v) is 5.58. The molecule has 0 bridgehead atoms. The average Bonchev–Trinajstić information content (AvgIpc) is 2.45. The minimum absolute atomic E-state index is 0.721. The lowest BCUT2D eigenvalue weighted by atomic mass is 9.95. The van der Waals surface area contributed by atoms with E-state index in [2.05, 4.69) is 37.9 Å². The molecular formula is C17H24N2. The van der Waals surface area contributed by atoms with Crippen LogP contribution in [-0.4, -0.2) is 9.97 Å². The third-order valence-electron chi connectivity index (χ3n) is 3.56. The van der Waals surface area contributed by atoms with Crippen LogP contribution in [-0.2, 0) is 6.42 Å². The molecule has 1 heterocycles. The van der Waals surface area contributed by atoms with Gasteiger partial charge in [-0.2, -0.15) is 0 Å². The topological polar surface area (TPSA) is 25.8 Å². The Bertz CT molecular complexity index is 484. The van der Waals surface area contributed by atoms with Gasteiger partial charge in [0, 0.05) is 17.5 Å². The molecule has 102 valence electrons. The molecule has 0 unspecified atom stereocenters. The molecule has 19 heavy (non-hydrogen) atoms. The van der Waals surface area contributed by atoms with Crippen molar-refractivity contribution in [3.05, 3.63) is 41.5 Å². The van der Waals surface area contributed by atoms with Crippen LogP contribution >= 0.6 is 0 Å². The van der Waals surface area contributed by atoms with Crippen molar-refractivity contribution < 1.29 is 0 Å². The molecule has 0 aromatic carbocycles. The minimum Gasteiger partial charge on any atom is -0.237 e. The smallest absolute Gasteiger partial charge is 0.159 e. The molecule has 0 aliphatic heterocycles. The molecule has 0 spiro atoms. The maximum Gasteiger partial charge on any atom is 0.159 e. The number of hydrogen-bond acceptors (Lipinski definition) is 2. The van der Waals surface area contributed by atoms with E-state index in [1.165, 1.54) is 23.3 Å². The standard InChI is InChI=1S/C17H24N2/c1-4-14-7-5-6-8-16(14)17-18-12-11-15(19-17)10-9-13(2)3/h7-8,11-13H,4-6,9-10H2,1-3H3. The van der Waals surface area contributed by atoms with E-state index >= 15 is 0 Å². The highest BCUT2D eigenvalue weighted by Crippen LogP contribution is 2.28. The van der Waals surface area contributed by atoms with Gasteiger partial charge in [0.25, 0.3) is 0 Å². The molecule has 2 heteroatoms. The van der Waals surface area contributed by atoms with E-state index in [1.807, 2.05) is 12.3 Å². The number of aryl methyl sites for hydroxylation is 1. The second kappa shape index (κ2) is 6.65. The summed E-state index contributed by atoms with van der Waals surface area (Å²) in [5.41, 5.74) is 3.81. The summed E-state index contributed by atoms with van der Waals surface area (Å²) in [6.07, 6.45) is 12.1. The van der Waals surface area contributed by atoms with Crippen molar-refractivity contribution in [2.45, 2.75) is 52.9 Å². The first-order valence-corrected chi connectivity index (χ1v) is 7.42. The summed E-state index contributed by atoms with van der Waals surface area (Å²) in [6.45, 7) is 6.71. The highest BCUT2D eigenvalue weighted by molar-refractivity contribution is 5.76. The Hall–Kier alpha value is -1.44. The van der Waals surface area contributed by atoms with Crippen LogP contribution in [0, 0.1) is 5.92 Å². The number of aromatic nitrogens is 2. The van der Waals surface area contributed by atoms with E-state index < -0.39 is 0 Å². The van der Waals surface area contributed by atoms with Crippen LogP contribution in [0.15, 0.2) is 30.0 Å².